The molecule has 0 unspecified atom stereocenters. The smallest absolute Gasteiger partial charge is 0.0568 e. The molecule has 1 aliphatic carbocycles. The van der Waals surface area contributed by atoms with Crippen molar-refractivity contribution >= 4 is 12.4 Å². The van der Waals surface area contributed by atoms with E-state index in [0.29, 0.717) is 0 Å². The van der Waals surface area contributed by atoms with Crippen molar-refractivity contribution in [3.05, 3.63) is 70.8 Å². The van der Waals surface area contributed by atoms with Crippen LogP contribution in [0.3, 0.4) is 0 Å². The Morgan fingerprint density at radius 3 is 1.90 bits per heavy atom. The first-order chi connectivity index (χ1) is 14.7. The molecular weight excluding hydrogens is 364 g/mol. The molecule has 0 spiro atoms. The highest BCUT2D eigenvalue weighted by molar-refractivity contribution is 5.82. The van der Waals surface area contributed by atoms with Gasteiger partial charge in [0.1, 0.15) is 0 Å². The number of hydrogen-bond donors (Lipinski definition) is 0. The first-order valence-electron chi connectivity index (χ1n) is 12.0. The third-order valence-corrected chi connectivity index (χ3v) is 6.45. The minimum Gasteiger partial charge on any atom is -0.159 e. The molecule has 0 radical (unpaired) electrons. The van der Waals surface area contributed by atoms with Gasteiger partial charge in [0.2, 0.25) is 0 Å². The van der Waals surface area contributed by atoms with E-state index in [0.717, 1.165) is 23.0 Å². The Morgan fingerprint density at radius 1 is 0.733 bits per heavy atom. The maximum atomic E-state index is 4.23. The zero-order valence-corrected chi connectivity index (χ0v) is 18.9. The van der Waals surface area contributed by atoms with Crippen molar-refractivity contribution in [2.45, 2.75) is 84.0 Å². The molecule has 160 valence electrons. The van der Waals surface area contributed by atoms with Gasteiger partial charge in [0.15, 0.2) is 0 Å². The molecule has 1 saturated carbocycles. The molecule has 2 aromatic rings. The Labute approximate surface area is 183 Å². The third-order valence-electron chi connectivity index (χ3n) is 6.45. The lowest BCUT2D eigenvalue weighted by Gasteiger charge is -2.26. The van der Waals surface area contributed by atoms with E-state index in [1.807, 2.05) is 12.4 Å². The summed E-state index contributed by atoms with van der Waals surface area (Å²) in [6.07, 6.45) is 16.9. The van der Waals surface area contributed by atoms with Crippen molar-refractivity contribution in [3.8, 4) is 0 Å². The SMILES string of the molecule is CCCCCCCc1ccc(/C=N/N=C/c2ccc(C3CCC(C)CC3)cc2)cc1. The van der Waals surface area contributed by atoms with E-state index in [9.17, 15) is 0 Å². The van der Waals surface area contributed by atoms with Gasteiger partial charge in [-0.15, -0.1) is 0 Å². The van der Waals surface area contributed by atoms with Crippen LogP contribution in [0.4, 0.5) is 0 Å². The van der Waals surface area contributed by atoms with Gasteiger partial charge in [0, 0.05) is 0 Å². The van der Waals surface area contributed by atoms with Crippen LogP contribution in [0.25, 0.3) is 0 Å². The van der Waals surface area contributed by atoms with Gasteiger partial charge in [0.25, 0.3) is 0 Å². The highest BCUT2D eigenvalue weighted by Gasteiger charge is 2.19. The van der Waals surface area contributed by atoms with Gasteiger partial charge >= 0.3 is 0 Å². The number of benzene rings is 2. The predicted octanol–water partition coefficient (Wildman–Crippen LogP) is 7.95. The molecule has 2 aromatic carbocycles. The summed E-state index contributed by atoms with van der Waals surface area (Å²) in [5, 5.41) is 8.46. The topological polar surface area (TPSA) is 24.7 Å². The Kier molecular flexibility index (Phi) is 9.34. The first-order valence-corrected chi connectivity index (χ1v) is 12.0. The second-order valence-corrected chi connectivity index (χ2v) is 9.02. The molecule has 0 N–H and O–H groups in total. The van der Waals surface area contributed by atoms with E-state index in [1.165, 1.54) is 75.3 Å². The molecule has 1 aliphatic rings. The van der Waals surface area contributed by atoms with Gasteiger partial charge in [-0.25, -0.2) is 0 Å². The number of aryl methyl sites for hydroxylation is 1. The second kappa shape index (κ2) is 12.5. The largest absolute Gasteiger partial charge is 0.159 e. The van der Waals surface area contributed by atoms with Crippen molar-refractivity contribution in [2.24, 2.45) is 16.1 Å². The minimum absolute atomic E-state index is 0.740. The molecule has 0 aromatic heterocycles. The molecule has 0 amide bonds. The van der Waals surface area contributed by atoms with Crippen LogP contribution in [0.2, 0.25) is 0 Å². The molecule has 0 heterocycles. The normalized spacial score (nSPS) is 19.7. The monoisotopic (exact) mass is 402 g/mol. The van der Waals surface area contributed by atoms with Crippen LogP contribution in [-0.4, -0.2) is 12.4 Å². The molecule has 0 bridgehead atoms. The van der Waals surface area contributed by atoms with Crippen molar-refractivity contribution in [1.29, 1.82) is 0 Å². The van der Waals surface area contributed by atoms with Crippen LogP contribution in [0, 0.1) is 5.92 Å². The quantitative estimate of drug-likeness (QED) is 0.219. The van der Waals surface area contributed by atoms with E-state index in [2.05, 4.69) is 72.6 Å². The van der Waals surface area contributed by atoms with Gasteiger partial charge in [-0.05, 0) is 59.8 Å². The summed E-state index contributed by atoms with van der Waals surface area (Å²) in [7, 11) is 0. The van der Waals surface area contributed by atoms with Gasteiger partial charge in [-0.2, -0.15) is 10.2 Å². The van der Waals surface area contributed by atoms with Crippen LogP contribution >= 0.6 is 0 Å². The standard InChI is InChI=1S/C28H38N2/c1-3-4-5-6-7-8-24-11-13-25(14-12-24)21-29-30-22-26-15-19-28(20-16-26)27-17-9-23(2)10-18-27/h11-16,19-23,27H,3-10,17-18H2,1-2H3/b29-21+,30-22+. The maximum Gasteiger partial charge on any atom is 0.0568 e. The van der Waals surface area contributed by atoms with Gasteiger partial charge in [0.05, 0.1) is 12.4 Å². The van der Waals surface area contributed by atoms with Crippen LogP contribution in [0.1, 0.15) is 99.8 Å². The molecular formula is C28H38N2. The lowest BCUT2D eigenvalue weighted by Crippen LogP contribution is -2.10. The summed E-state index contributed by atoms with van der Waals surface area (Å²) in [5.74, 6) is 1.64. The van der Waals surface area contributed by atoms with E-state index < -0.39 is 0 Å². The van der Waals surface area contributed by atoms with Crippen LogP contribution in [0.15, 0.2) is 58.7 Å². The molecule has 1 fully saturated rings. The molecule has 0 saturated heterocycles. The van der Waals surface area contributed by atoms with E-state index in [1.54, 1.807) is 0 Å². The van der Waals surface area contributed by atoms with Crippen molar-refractivity contribution in [2.75, 3.05) is 0 Å². The number of unbranched alkanes of at least 4 members (excludes halogenated alkanes) is 4. The van der Waals surface area contributed by atoms with E-state index in [4.69, 9.17) is 0 Å². The van der Waals surface area contributed by atoms with E-state index in [-0.39, 0.29) is 0 Å². The predicted molar refractivity (Wildman–Crippen MR) is 131 cm³/mol. The molecule has 3 rings (SSSR count). The minimum atomic E-state index is 0.740. The fourth-order valence-electron chi connectivity index (χ4n) is 4.35. The molecule has 30 heavy (non-hydrogen) atoms. The summed E-state index contributed by atoms with van der Waals surface area (Å²) in [5.41, 5.74) is 5.11. The second-order valence-electron chi connectivity index (χ2n) is 9.02. The summed E-state index contributed by atoms with van der Waals surface area (Å²) < 4.78 is 0. The average molecular weight is 403 g/mol. The van der Waals surface area contributed by atoms with Crippen LogP contribution in [0.5, 0.6) is 0 Å². The maximum absolute atomic E-state index is 4.23. The first kappa shape index (κ1) is 22.5. The Hall–Kier alpha value is -2.22. The van der Waals surface area contributed by atoms with Crippen LogP contribution in [-0.2, 0) is 6.42 Å². The Balaban J connectivity index is 1.43. The zero-order chi connectivity index (χ0) is 21.0. The fourth-order valence-corrected chi connectivity index (χ4v) is 4.35. The van der Waals surface area contributed by atoms with Gasteiger partial charge in [-0.1, -0.05) is 101 Å². The van der Waals surface area contributed by atoms with Gasteiger partial charge in [-0.3, -0.25) is 0 Å². The zero-order valence-electron chi connectivity index (χ0n) is 18.9. The van der Waals surface area contributed by atoms with Crippen molar-refractivity contribution in [1.82, 2.24) is 0 Å². The Bertz CT molecular complexity index is 778. The molecule has 2 heteroatoms. The summed E-state index contributed by atoms with van der Waals surface area (Å²) in [4.78, 5) is 0. The molecule has 0 aliphatic heterocycles. The molecule has 2 nitrogen and oxygen atoms in total. The van der Waals surface area contributed by atoms with Crippen molar-refractivity contribution in [3.63, 3.8) is 0 Å². The average Bonchev–Trinajstić information content (AvgIpc) is 2.78. The fraction of sp³-hybridized carbons (Fsp3) is 0.500. The number of hydrogen-bond acceptors (Lipinski definition) is 2. The number of rotatable bonds is 10. The van der Waals surface area contributed by atoms with Crippen molar-refractivity contribution < 1.29 is 0 Å². The lowest BCUT2D eigenvalue weighted by molar-refractivity contribution is 0.348. The molecule has 0 atom stereocenters. The summed E-state index contributed by atoms with van der Waals surface area (Å²) in [6, 6.07) is 17.6. The third kappa shape index (κ3) is 7.55. The van der Waals surface area contributed by atoms with Crippen LogP contribution < -0.4 is 0 Å². The van der Waals surface area contributed by atoms with Gasteiger partial charge < -0.3 is 0 Å². The highest BCUT2D eigenvalue weighted by atomic mass is 15.2. The highest BCUT2D eigenvalue weighted by Crippen LogP contribution is 2.35. The Morgan fingerprint density at radius 2 is 1.30 bits per heavy atom. The number of nitrogens with zero attached hydrogens (tertiary/aromatic N) is 2. The van der Waals surface area contributed by atoms with E-state index >= 15 is 0 Å². The lowest BCUT2D eigenvalue weighted by atomic mass is 9.79. The summed E-state index contributed by atoms with van der Waals surface area (Å²) >= 11 is 0. The summed E-state index contributed by atoms with van der Waals surface area (Å²) in [6.45, 7) is 4.64.